The number of aromatic nitrogens is 3. The number of hydrogen-bond acceptors (Lipinski definition) is 7. The normalized spacial score (nSPS) is 10.4. The van der Waals surface area contributed by atoms with Crippen LogP contribution in [-0.2, 0) is 0 Å². The predicted molar refractivity (Wildman–Crippen MR) is 52.6 cm³/mol. The second-order valence-electron chi connectivity index (χ2n) is 3.17. The lowest BCUT2D eigenvalue weighted by Gasteiger charge is -1.98. The molecule has 0 aliphatic heterocycles. The molecule has 0 saturated carbocycles. The van der Waals surface area contributed by atoms with Crippen LogP contribution >= 0.6 is 0 Å². The molecule has 3 N–H and O–H groups in total. The van der Waals surface area contributed by atoms with Crippen molar-refractivity contribution in [3.05, 3.63) is 17.0 Å². The summed E-state index contributed by atoms with van der Waals surface area (Å²) in [6.45, 7) is 3.53. The number of nitrogens with two attached hydrogens (primary N) is 1. The first-order chi connectivity index (χ1) is 7.59. The number of nitrogens with zero attached hydrogens (tertiary/aromatic N) is 3. The van der Waals surface area contributed by atoms with Gasteiger partial charge in [0.05, 0.1) is 5.69 Å². The van der Waals surface area contributed by atoms with E-state index in [0.717, 1.165) is 5.56 Å². The van der Waals surface area contributed by atoms with E-state index < -0.39 is 5.91 Å². The highest BCUT2D eigenvalue weighted by Gasteiger charge is 2.19. The van der Waals surface area contributed by atoms with Crippen molar-refractivity contribution < 1.29 is 13.9 Å². The molecule has 84 valence electrons. The molecule has 0 bridgehead atoms. The number of rotatable bonds is 2. The average molecular weight is 223 g/mol. The Labute approximate surface area is 89.7 Å². The summed E-state index contributed by atoms with van der Waals surface area (Å²) in [5.41, 5.74) is 6.71. The van der Waals surface area contributed by atoms with Crippen molar-refractivity contribution >= 4 is 17.6 Å². The van der Waals surface area contributed by atoms with Gasteiger partial charge < -0.3 is 10.3 Å². The van der Waals surface area contributed by atoms with E-state index >= 15 is 0 Å². The molecule has 2 heterocycles. The first-order valence-corrected chi connectivity index (χ1v) is 4.42. The predicted octanol–water partition coefficient (Wildman–Crippen LogP) is 0.509. The molecular formula is C8H9N5O3. The quantitative estimate of drug-likeness (QED) is 0.760. The van der Waals surface area contributed by atoms with E-state index in [1.165, 1.54) is 0 Å². The smallest absolute Gasteiger partial charge is 0.284 e. The van der Waals surface area contributed by atoms with Gasteiger partial charge in [-0.05, 0) is 24.2 Å². The van der Waals surface area contributed by atoms with Crippen molar-refractivity contribution in [1.82, 2.24) is 15.5 Å². The standard InChI is InChI=1S/C8H9N5O3/c1-3-4(2)11-15-8(3)10-7(14)5-6(9)13-16-12-5/h1-2H3,(H2,9,13)(H,10,14). The molecular weight excluding hydrogens is 214 g/mol. The van der Waals surface area contributed by atoms with Gasteiger partial charge in [-0.2, -0.15) is 0 Å². The molecule has 0 aliphatic rings. The third-order valence-corrected chi connectivity index (χ3v) is 2.11. The Balaban J connectivity index is 2.20. The lowest BCUT2D eigenvalue weighted by atomic mass is 10.3. The largest absolute Gasteiger partial charge is 0.379 e. The fraction of sp³-hybridized carbons (Fsp3) is 0.250. The van der Waals surface area contributed by atoms with Gasteiger partial charge in [-0.15, -0.1) is 0 Å². The summed E-state index contributed by atoms with van der Waals surface area (Å²) in [6.07, 6.45) is 0. The van der Waals surface area contributed by atoms with Gasteiger partial charge in [0, 0.05) is 5.56 Å². The van der Waals surface area contributed by atoms with E-state index in [2.05, 4.69) is 25.4 Å². The van der Waals surface area contributed by atoms with Gasteiger partial charge in [-0.1, -0.05) is 5.16 Å². The zero-order valence-corrected chi connectivity index (χ0v) is 8.64. The van der Waals surface area contributed by atoms with Crippen molar-refractivity contribution in [2.45, 2.75) is 13.8 Å². The van der Waals surface area contributed by atoms with E-state index in [0.29, 0.717) is 5.69 Å². The van der Waals surface area contributed by atoms with Gasteiger partial charge in [0.15, 0.2) is 0 Å². The van der Waals surface area contributed by atoms with E-state index in [9.17, 15) is 4.79 Å². The van der Waals surface area contributed by atoms with Gasteiger partial charge >= 0.3 is 0 Å². The first-order valence-electron chi connectivity index (χ1n) is 4.42. The maximum atomic E-state index is 11.6. The third kappa shape index (κ3) is 1.60. The lowest BCUT2D eigenvalue weighted by molar-refractivity contribution is 0.101. The molecule has 8 heteroatoms. The van der Waals surface area contributed by atoms with Crippen LogP contribution in [0.15, 0.2) is 9.15 Å². The van der Waals surface area contributed by atoms with Gasteiger partial charge in [-0.3, -0.25) is 10.1 Å². The van der Waals surface area contributed by atoms with E-state index in [1.54, 1.807) is 13.8 Å². The van der Waals surface area contributed by atoms with E-state index in [-0.39, 0.29) is 17.4 Å². The van der Waals surface area contributed by atoms with Crippen LogP contribution in [0.5, 0.6) is 0 Å². The number of amides is 1. The number of nitrogens with one attached hydrogen (secondary N) is 1. The molecule has 0 spiro atoms. The van der Waals surface area contributed by atoms with Crippen LogP contribution in [0.2, 0.25) is 0 Å². The molecule has 8 nitrogen and oxygen atoms in total. The average Bonchev–Trinajstić information content (AvgIpc) is 2.79. The van der Waals surface area contributed by atoms with Gasteiger partial charge in [0.25, 0.3) is 5.91 Å². The minimum Gasteiger partial charge on any atom is -0.379 e. The van der Waals surface area contributed by atoms with Crippen LogP contribution < -0.4 is 11.1 Å². The minimum atomic E-state index is -0.557. The molecule has 2 aromatic rings. The van der Waals surface area contributed by atoms with Crippen molar-refractivity contribution in [3.8, 4) is 0 Å². The van der Waals surface area contributed by atoms with Crippen molar-refractivity contribution in [2.75, 3.05) is 11.1 Å². The van der Waals surface area contributed by atoms with Crippen molar-refractivity contribution in [2.24, 2.45) is 0 Å². The third-order valence-electron chi connectivity index (χ3n) is 2.11. The highest BCUT2D eigenvalue weighted by Crippen LogP contribution is 2.18. The van der Waals surface area contributed by atoms with Crippen LogP contribution in [0.4, 0.5) is 11.7 Å². The molecule has 0 aliphatic carbocycles. The molecule has 16 heavy (non-hydrogen) atoms. The zero-order valence-electron chi connectivity index (χ0n) is 8.64. The SMILES string of the molecule is Cc1noc(NC(=O)c2nonc2N)c1C. The Bertz CT molecular complexity index is 530. The number of nitrogen functional groups attached to an aromatic ring is 1. The number of carbonyl (C=O) groups is 1. The summed E-state index contributed by atoms with van der Waals surface area (Å²) >= 11 is 0. The molecule has 2 rings (SSSR count). The highest BCUT2D eigenvalue weighted by molar-refractivity contribution is 6.05. The fourth-order valence-corrected chi connectivity index (χ4v) is 1.05. The van der Waals surface area contributed by atoms with E-state index in [4.69, 9.17) is 10.3 Å². The van der Waals surface area contributed by atoms with E-state index in [1.807, 2.05) is 0 Å². The van der Waals surface area contributed by atoms with Crippen LogP contribution in [0.25, 0.3) is 0 Å². The maximum Gasteiger partial charge on any atom is 0.284 e. The molecule has 0 fully saturated rings. The van der Waals surface area contributed by atoms with Crippen LogP contribution in [0, 0.1) is 13.8 Å². The van der Waals surface area contributed by atoms with Gasteiger partial charge in [-0.25, -0.2) is 4.63 Å². The molecule has 0 radical (unpaired) electrons. The Hall–Kier alpha value is -2.38. The summed E-state index contributed by atoms with van der Waals surface area (Å²) in [4.78, 5) is 11.6. The van der Waals surface area contributed by atoms with Crippen LogP contribution in [0.3, 0.4) is 0 Å². The fourth-order valence-electron chi connectivity index (χ4n) is 1.05. The lowest BCUT2D eigenvalue weighted by Crippen LogP contribution is -2.14. The summed E-state index contributed by atoms with van der Waals surface area (Å²) in [6, 6.07) is 0. The maximum absolute atomic E-state index is 11.6. The molecule has 0 unspecified atom stereocenters. The topological polar surface area (TPSA) is 120 Å². The number of hydrogen-bond donors (Lipinski definition) is 2. The molecule has 0 atom stereocenters. The molecule has 0 saturated heterocycles. The summed E-state index contributed by atoms with van der Waals surface area (Å²) in [5, 5.41) is 12.8. The van der Waals surface area contributed by atoms with Crippen molar-refractivity contribution in [1.29, 1.82) is 0 Å². The van der Waals surface area contributed by atoms with Crippen LogP contribution in [-0.4, -0.2) is 21.4 Å². The summed E-state index contributed by atoms with van der Waals surface area (Å²) in [5.74, 6) is -0.380. The van der Waals surface area contributed by atoms with Gasteiger partial charge in [0.1, 0.15) is 0 Å². The minimum absolute atomic E-state index is 0.0774. The van der Waals surface area contributed by atoms with Crippen LogP contribution in [0.1, 0.15) is 21.7 Å². The monoisotopic (exact) mass is 223 g/mol. The molecule has 2 aromatic heterocycles. The molecule has 1 amide bonds. The summed E-state index contributed by atoms with van der Waals surface area (Å²) in [7, 11) is 0. The number of aryl methyl sites for hydroxylation is 1. The number of anilines is 2. The highest BCUT2D eigenvalue weighted by atomic mass is 16.6. The zero-order chi connectivity index (χ0) is 11.7. The first kappa shape index (κ1) is 10.1. The Morgan fingerprint density at radius 2 is 2.06 bits per heavy atom. The summed E-state index contributed by atoms with van der Waals surface area (Å²) < 4.78 is 9.21. The van der Waals surface area contributed by atoms with Gasteiger partial charge in [0.2, 0.25) is 17.4 Å². The Morgan fingerprint density at radius 3 is 2.56 bits per heavy atom. The number of carbonyl (C=O) groups excluding carboxylic acids is 1. The second-order valence-corrected chi connectivity index (χ2v) is 3.17. The second kappa shape index (κ2) is 3.65. The molecule has 0 aromatic carbocycles. The Morgan fingerprint density at radius 1 is 1.31 bits per heavy atom. The Kier molecular flexibility index (Phi) is 2.31. The van der Waals surface area contributed by atoms with Crippen molar-refractivity contribution in [3.63, 3.8) is 0 Å².